The van der Waals surface area contributed by atoms with Crippen molar-refractivity contribution in [2.24, 2.45) is 5.92 Å². The maximum absolute atomic E-state index is 12.2. The lowest BCUT2D eigenvalue weighted by Crippen LogP contribution is -2.41. The molecule has 0 aliphatic carbocycles. The Hall–Kier alpha value is -1.75. The second kappa shape index (κ2) is 8.96. The van der Waals surface area contributed by atoms with Crippen LogP contribution < -0.4 is 10.1 Å². The number of nitrogens with one attached hydrogen (secondary N) is 1. The molecule has 2 aliphatic rings. The second-order valence-corrected chi connectivity index (χ2v) is 8.83. The summed E-state index contributed by atoms with van der Waals surface area (Å²) < 4.78 is 11.5. The van der Waals surface area contributed by atoms with E-state index in [-0.39, 0.29) is 6.09 Å². The Morgan fingerprint density at radius 3 is 2.44 bits per heavy atom. The quantitative estimate of drug-likeness (QED) is 0.859. The van der Waals surface area contributed by atoms with Crippen LogP contribution in [0.4, 0.5) is 4.79 Å². The smallest absolute Gasteiger partial charge is 0.410 e. The minimum Gasteiger partial charge on any atom is -0.493 e. The van der Waals surface area contributed by atoms with Crippen molar-refractivity contribution in [2.75, 3.05) is 32.8 Å². The van der Waals surface area contributed by atoms with Gasteiger partial charge in [-0.05, 0) is 76.6 Å². The predicted molar refractivity (Wildman–Crippen MR) is 107 cm³/mol. The van der Waals surface area contributed by atoms with Gasteiger partial charge in [0.05, 0.1) is 6.61 Å². The van der Waals surface area contributed by atoms with Gasteiger partial charge in [-0.1, -0.05) is 12.1 Å². The fourth-order valence-electron chi connectivity index (χ4n) is 3.84. The van der Waals surface area contributed by atoms with Crippen molar-refractivity contribution in [3.8, 4) is 5.75 Å². The lowest BCUT2D eigenvalue weighted by molar-refractivity contribution is 0.0205. The molecule has 2 saturated heterocycles. The van der Waals surface area contributed by atoms with Crippen molar-refractivity contribution in [1.29, 1.82) is 0 Å². The molecule has 0 saturated carbocycles. The Morgan fingerprint density at radius 2 is 1.85 bits per heavy atom. The van der Waals surface area contributed by atoms with Crippen LogP contribution in [0.2, 0.25) is 0 Å². The highest BCUT2D eigenvalue weighted by Gasteiger charge is 2.27. The fraction of sp³-hybridized carbons (Fsp3) is 0.682. The number of hydrogen-bond acceptors (Lipinski definition) is 4. The van der Waals surface area contributed by atoms with Crippen LogP contribution in [0.15, 0.2) is 24.3 Å². The lowest BCUT2D eigenvalue weighted by atomic mass is 9.89. The second-order valence-electron chi connectivity index (χ2n) is 8.83. The molecule has 0 bridgehead atoms. The topological polar surface area (TPSA) is 50.8 Å². The van der Waals surface area contributed by atoms with Gasteiger partial charge in [0.25, 0.3) is 0 Å². The highest BCUT2D eigenvalue weighted by Crippen LogP contribution is 2.30. The van der Waals surface area contributed by atoms with Crippen molar-refractivity contribution in [1.82, 2.24) is 10.2 Å². The van der Waals surface area contributed by atoms with E-state index in [1.807, 2.05) is 25.7 Å². The number of amides is 1. The minimum absolute atomic E-state index is 0.193. The van der Waals surface area contributed by atoms with E-state index in [9.17, 15) is 4.79 Å². The van der Waals surface area contributed by atoms with E-state index in [0.29, 0.717) is 11.8 Å². The first kappa shape index (κ1) is 20.0. The zero-order valence-corrected chi connectivity index (χ0v) is 17.0. The first-order valence-electron chi connectivity index (χ1n) is 10.3. The van der Waals surface area contributed by atoms with Gasteiger partial charge in [-0.2, -0.15) is 0 Å². The highest BCUT2D eigenvalue weighted by atomic mass is 16.6. The summed E-state index contributed by atoms with van der Waals surface area (Å²) in [5.74, 6) is 2.08. The van der Waals surface area contributed by atoms with Gasteiger partial charge in [0.2, 0.25) is 0 Å². The zero-order chi connectivity index (χ0) is 19.3. The molecule has 1 unspecified atom stereocenters. The zero-order valence-electron chi connectivity index (χ0n) is 17.0. The lowest BCUT2D eigenvalue weighted by Gasteiger charge is -2.33. The number of rotatable bonds is 4. The summed E-state index contributed by atoms with van der Waals surface area (Å²) >= 11 is 0. The summed E-state index contributed by atoms with van der Waals surface area (Å²) in [6.07, 6.45) is 4.26. The maximum atomic E-state index is 12.2. The summed E-state index contributed by atoms with van der Waals surface area (Å²) in [4.78, 5) is 14.0. The molecule has 2 fully saturated rings. The molecule has 0 radical (unpaired) electrons. The van der Waals surface area contributed by atoms with Gasteiger partial charge < -0.3 is 19.7 Å². The molecule has 0 spiro atoms. The number of likely N-dealkylation sites (tertiary alicyclic amines) is 1. The normalized spacial score (nSPS) is 21.7. The van der Waals surface area contributed by atoms with Gasteiger partial charge in [0.1, 0.15) is 11.4 Å². The molecule has 1 atom stereocenters. The van der Waals surface area contributed by atoms with Crippen molar-refractivity contribution >= 4 is 6.09 Å². The molecular weight excluding hydrogens is 340 g/mol. The van der Waals surface area contributed by atoms with Crippen LogP contribution in [0.1, 0.15) is 57.9 Å². The minimum atomic E-state index is -0.433. The number of ether oxygens (including phenoxy) is 2. The summed E-state index contributed by atoms with van der Waals surface area (Å²) in [5.41, 5.74) is 0.905. The fourth-order valence-corrected chi connectivity index (χ4v) is 3.84. The van der Waals surface area contributed by atoms with Crippen molar-refractivity contribution in [2.45, 2.75) is 58.0 Å². The van der Waals surface area contributed by atoms with Crippen LogP contribution in [-0.4, -0.2) is 49.4 Å². The molecule has 27 heavy (non-hydrogen) atoms. The molecule has 5 heteroatoms. The van der Waals surface area contributed by atoms with Crippen LogP contribution in [-0.2, 0) is 4.74 Å². The molecule has 5 nitrogen and oxygen atoms in total. The first-order valence-corrected chi connectivity index (χ1v) is 10.3. The molecular formula is C22H34N2O3. The molecule has 2 aliphatic heterocycles. The average Bonchev–Trinajstić information content (AvgIpc) is 2.66. The molecule has 1 aromatic carbocycles. The van der Waals surface area contributed by atoms with Crippen LogP contribution in [0, 0.1) is 5.92 Å². The first-order chi connectivity index (χ1) is 12.9. The van der Waals surface area contributed by atoms with E-state index < -0.39 is 5.60 Å². The van der Waals surface area contributed by atoms with Crippen LogP contribution in [0.25, 0.3) is 0 Å². The standard InChI is InChI=1S/C22H34N2O3/c1-22(2,3)27-21(25)24-13-10-19(11-14-24)18-6-8-20(9-7-18)26-16-17-5-4-12-23-15-17/h6-9,17,19,23H,4-5,10-16H2,1-3H3. The van der Waals surface area contributed by atoms with Gasteiger partial charge in [0.15, 0.2) is 0 Å². The highest BCUT2D eigenvalue weighted by molar-refractivity contribution is 5.68. The summed E-state index contributed by atoms with van der Waals surface area (Å²) in [6, 6.07) is 8.54. The molecule has 1 N–H and O–H groups in total. The number of piperidine rings is 2. The Bertz CT molecular complexity index is 595. The van der Waals surface area contributed by atoms with E-state index in [2.05, 4.69) is 29.6 Å². The van der Waals surface area contributed by atoms with E-state index in [0.717, 1.165) is 51.4 Å². The third kappa shape index (κ3) is 6.13. The molecule has 0 aromatic heterocycles. The Labute approximate surface area is 163 Å². The third-order valence-corrected chi connectivity index (χ3v) is 5.38. The van der Waals surface area contributed by atoms with Gasteiger partial charge in [0, 0.05) is 25.6 Å². The van der Waals surface area contributed by atoms with Crippen molar-refractivity contribution in [3.05, 3.63) is 29.8 Å². The van der Waals surface area contributed by atoms with Crippen LogP contribution >= 0.6 is 0 Å². The van der Waals surface area contributed by atoms with E-state index >= 15 is 0 Å². The van der Waals surface area contributed by atoms with Gasteiger partial charge >= 0.3 is 6.09 Å². The molecule has 1 amide bonds. The van der Waals surface area contributed by atoms with Gasteiger partial charge in [-0.15, -0.1) is 0 Å². The van der Waals surface area contributed by atoms with Gasteiger partial charge in [-0.3, -0.25) is 0 Å². The largest absolute Gasteiger partial charge is 0.493 e. The predicted octanol–water partition coefficient (Wildman–Crippen LogP) is 4.18. The number of carbonyl (C=O) groups is 1. The van der Waals surface area contributed by atoms with Crippen molar-refractivity contribution in [3.63, 3.8) is 0 Å². The summed E-state index contributed by atoms with van der Waals surface area (Å²) in [7, 11) is 0. The summed E-state index contributed by atoms with van der Waals surface area (Å²) in [5, 5.41) is 3.43. The summed E-state index contributed by atoms with van der Waals surface area (Å²) in [6.45, 7) is 10.2. The Kier molecular flexibility index (Phi) is 6.64. The van der Waals surface area contributed by atoms with Crippen LogP contribution in [0.3, 0.4) is 0 Å². The van der Waals surface area contributed by atoms with E-state index in [4.69, 9.17) is 9.47 Å². The average molecular weight is 375 g/mol. The number of carbonyl (C=O) groups excluding carboxylic acids is 1. The molecule has 150 valence electrons. The third-order valence-electron chi connectivity index (χ3n) is 5.38. The monoisotopic (exact) mass is 374 g/mol. The number of hydrogen-bond donors (Lipinski definition) is 1. The van der Waals surface area contributed by atoms with E-state index in [1.165, 1.54) is 18.4 Å². The van der Waals surface area contributed by atoms with Crippen LogP contribution in [0.5, 0.6) is 5.75 Å². The molecule has 3 rings (SSSR count). The van der Waals surface area contributed by atoms with Gasteiger partial charge in [-0.25, -0.2) is 4.79 Å². The molecule has 2 heterocycles. The number of nitrogens with zero attached hydrogens (tertiary/aromatic N) is 1. The Balaban J connectivity index is 1.45. The Morgan fingerprint density at radius 1 is 1.15 bits per heavy atom. The number of benzene rings is 1. The molecule has 1 aromatic rings. The van der Waals surface area contributed by atoms with Crippen molar-refractivity contribution < 1.29 is 14.3 Å². The maximum Gasteiger partial charge on any atom is 0.410 e. The van der Waals surface area contributed by atoms with E-state index in [1.54, 1.807) is 0 Å². The SMILES string of the molecule is CC(C)(C)OC(=O)N1CCC(c2ccc(OCC3CCCNC3)cc2)CC1.